The maximum atomic E-state index is 12.6. The highest BCUT2D eigenvalue weighted by atomic mass is 19.3. The molecule has 0 aliphatic carbocycles. The van der Waals surface area contributed by atoms with Gasteiger partial charge in [0.1, 0.15) is 11.5 Å². The van der Waals surface area contributed by atoms with Crippen molar-refractivity contribution in [1.29, 1.82) is 0 Å². The van der Waals surface area contributed by atoms with E-state index in [2.05, 4.69) is 10.1 Å². The van der Waals surface area contributed by atoms with Gasteiger partial charge in [-0.15, -0.1) is 0 Å². The molecule has 7 heteroatoms. The number of anilines is 1. The van der Waals surface area contributed by atoms with E-state index < -0.39 is 6.61 Å². The number of nitrogens with zero attached hydrogens (tertiary/aromatic N) is 1. The Morgan fingerprint density at radius 1 is 1.11 bits per heavy atom. The molecule has 2 aromatic rings. The maximum Gasteiger partial charge on any atom is 0.387 e. The summed E-state index contributed by atoms with van der Waals surface area (Å²) in [5.41, 5.74) is 1.46. The lowest BCUT2D eigenvalue weighted by Crippen LogP contribution is -2.42. The first-order valence-corrected chi connectivity index (χ1v) is 8.80. The molecule has 0 unspecified atom stereocenters. The average Bonchev–Trinajstić information content (AvgIpc) is 2.68. The number of hydrogen-bond acceptors (Lipinski definition) is 4. The van der Waals surface area contributed by atoms with E-state index in [1.54, 1.807) is 12.0 Å². The predicted octanol–water partition coefficient (Wildman–Crippen LogP) is 4.01. The first-order valence-electron chi connectivity index (χ1n) is 8.80. The number of benzene rings is 2. The molecule has 27 heavy (non-hydrogen) atoms. The standard InChI is InChI=1S/C20H22F2N2O3/c1-26-18-4-2-3-16(13-18)23-15-9-11-24(12-10-15)19(25)14-5-7-17(8-6-14)27-20(21)22/h2-8,13,15,20,23H,9-12H2,1H3. The molecule has 1 aliphatic heterocycles. The van der Waals surface area contributed by atoms with Crippen molar-refractivity contribution in [1.82, 2.24) is 4.90 Å². The number of carbonyl (C=O) groups excluding carboxylic acids is 1. The molecule has 0 radical (unpaired) electrons. The number of amides is 1. The lowest BCUT2D eigenvalue weighted by Gasteiger charge is -2.33. The smallest absolute Gasteiger partial charge is 0.387 e. The first kappa shape index (κ1) is 18.9. The van der Waals surface area contributed by atoms with E-state index in [1.807, 2.05) is 24.3 Å². The molecule has 144 valence electrons. The molecule has 1 saturated heterocycles. The maximum absolute atomic E-state index is 12.6. The van der Waals surface area contributed by atoms with Gasteiger partial charge in [0.15, 0.2) is 0 Å². The monoisotopic (exact) mass is 376 g/mol. The van der Waals surface area contributed by atoms with Crippen molar-refractivity contribution in [2.45, 2.75) is 25.5 Å². The van der Waals surface area contributed by atoms with Gasteiger partial charge in [0.2, 0.25) is 0 Å². The second-order valence-corrected chi connectivity index (χ2v) is 6.35. The van der Waals surface area contributed by atoms with Crippen molar-refractivity contribution in [2.24, 2.45) is 0 Å². The third-order valence-electron chi connectivity index (χ3n) is 4.55. The van der Waals surface area contributed by atoms with Gasteiger partial charge in [-0.2, -0.15) is 8.78 Å². The molecule has 3 rings (SSSR count). The third-order valence-corrected chi connectivity index (χ3v) is 4.55. The van der Waals surface area contributed by atoms with E-state index in [4.69, 9.17) is 4.74 Å². The molecule has 0 spiro atoms. The highest BCUT2D eigenvalue weighted by Gasteiger charge is 2.23. The molecule has 1 aliphatic rings. The molecule has 1 fully saturated rings. The Balaban J connectivity index is 1.53. The molecule has 0 bridgehead atoms. The van der Waals surface area contributed by atoms with Gasteiger partial charge in [-0.05, 0) is 49.2 Å². The number of nitrogens with one attached hydrogen (secondary N) is 1. The zero-order valence-corrected chi connectivity index (χ0v) is 15.0. The molecule has 1 N–H and O–H groups in total. The second kappa shape index (κ2) is 8.70. The third kappa shape index (κ3) is 5.09. The van der Waals surface area contributed by atoms with Crippen molar-refractivity contribution >= 4 is 11.6 Å². The SMILES string of the molecule is COc1cccc(NC2CCN(C(=O)c3ccc(OC(F)F)cc3)CC2)c1. The van der Waals surface area contributed by atoms with Crippen LogP contribution in [0.5, 0.6) is 11.5 Å². The van der Waals surface area contributed by atoms with Crippen LogP contribution >= 0.6 is 0 Å². The molecule has 2 aromatic carbocycles. The van der Waals surface area contributed by atoms with E-state index in [-0.39, 0.29) is 17.7 Å². The number of alkyl halides is 2. The van der Waals surface area contributed by atoms with Crippen LogP contribution in [-0.4, -0.2) is 43.7 Å². The topological polar surface area (TPSA) is 50.8 Å². The minimum Gasteiger partial charge on any atom is -0.497 e. The zero-order valence-electron chi connectivity index (χ0n) is 15.0. The van der Waals surface area contributed by atoms with Crippen LogP contribution in [-0.2, 0) is 0 Å². The van der Waals surface area contributed by atoms with E-state index in [0.29, 0.717) is 18.7 Å². The number of rotatable bonds is 6. The fraction of sp³-hybridized carbons (Fsp3) is 0.350. The van der Waals surface area contributed by atoms with Gasteiger partial charge < -0.3 is 19.7 Å². The van der Waals surface area contributed by atoms with Crippen molar-refractivity contribution in [3.63, 3.8) is 0 Å². The molecular weight excluding hydrogens is 354 g/mol. The van der Waals surface area contributed by atoms with Crippen LogP contribution in [0.15, 0.2) is 48.5 Å². The second-order valence-electron chi connectivity index (χ2n) is 6.35. The van der Waals surface area contributed by atoms with Gasteiger partial charge in [-0.25, -0.2) is 0 Å². The van der Waals surface area contributed by atoms with Gasteiger partial charge >= 0.3 is 6.61 Å². The lowest BCUT2D eigenvalue weighted by molar-refractivity contribution is -0.0498. The minimum atomic E-state index is -2.87. The van der Waals surface area contributed by atoms with Crippen molar-refractivity contribution < 1.29 is 23.0 Å². The fourth-order valence-corrected chi connectivity index (χ4v) is 3.14. The average molecular weight is 376 g/mol. The zero-order chi connectivity index (χ0) is 19.2. The number of carbonyl (C=O) groups is 1. The summed E-state index contributed by atoms with van der Waals surface area (Å²) >= 11 is 0. The van der Waals surface area contributed by atoms with Crippen molar-refractivity contribution in [2.75, 3.05) is 25.5 Å². The Kier molecular flexibility index (Phi) is 6.11. The van der Waals surface area contributed by atoms with E-state index in [0.717, 1.165) is 24.3 Å². The van der Waals surface area contributed by atoms with E-state index >= 15 is 0 Å². The van der Waals surface area contributed by atoms with Crippen LogP contribution in [0, 0.1) is 0 Å². The van der Waals surface area contributed by atoms with Gasteiger partial charge in [-0.3, -0.25) is 4.79 Å². The van der Waals surface area contributed by atoms with E-state index in [1.165, 1.54) is 24.3 Å². The Morgan fingerprint density at radius 3 is 2.44 bits per heavy atom. The summed E-state index contributed by atoms with van der Waals surface area (Å²) < 4.78 is 33.9. The van der Waals surface area contributed by atoms with Crippen LogP contribution < -0.4 is 14.8 Å². The summed E-state index contributed by atoms with van der Waals surface area (Å²) in [7, 11) is 1.63. The van der Waals surface area contributed by atoms with Gasteiger partial charge in [0, 0.05) is 36.4 Å². The van der Waals surface area contributed by atoms with Crippen molar-refractivity contribution in [3.05, 3.63) is 54.1 Å². The molecule has 0 aromatic heterocycles. The summed E-state index contributed by atoms with van der Waals surface area (Å²) in [6, 6.07) is 13.8. The van der Waals surface area contributed by atoms with Crippen LogP contribution in [0.3, 0.4) is 0 Å². The van der Waals surface area contributed by atoms with Crippen LogP contribution in [0.25, 0.3) is 0 Å². The van der Waals surface area contributed by atoms with Crippen LogP contribution in [0.1, 0.15) is 23.2 Å². The normalized spacial score (nSPS) is 14.9. The Bertz CT molecular complexity index is 760. The van der Waals surface area contributed by atoms with Crippen molar-refractivity contribution in [3.8, 4) is 11.5 Å². The number of hydrogen-bond donors (Lipinski definition) is 1. The van der Waals surface area contributed by atoms with Crippen LogP contribution in [0.4, 0.5) is 14.5 Å². The molecule has 0 atom stereocenters. The largest absolute Gasteiger partial charge is 0.497 e. The predicted molar refractivity (Wildman–Crippen MR) is 98.6 cm³/mol. The summed E-state index contributed by atoms with van der Waals surface area (Å²) in [5, 5.41) is 3.47. The van der Waals surface area contributed by atoms with E-state index in [9.17, 15) is 13.6 Å². The number of piperidine rings is 1. The van der Waals surface area contributed by atoms with Gasteiger partial charge in [-0.1, -0.05) is 6.07 Å². The first-order chi connectivity index (χ1) is 13.0. The Hall–Kier alpha value is -2.83. The highest BCUT2D eigenvalue weighted by Crippen LogP contribution is 2.22. The quantitative estimate of drug-likeness (QED) is 0.828. The molecule has 1 heterocycles. The van der Waals surface area contributed by atoms with Gasteiger partial charge in [0.05, 0.1) is 7.11 Å². The Morgan fingerprint density at radius 2 is 1.81 bits per heavy atom. The molecular formula is C20H22F2N2O3. The molecule has 0 saturated carbocycles. The van der Waals surface area contributed by atoms with Crippen LogP contribution in [0.2, 0.25) is 0 Å². The lowest BCUT2D eigenvalue weighted by atomic mass is 10.0. The highest BCUT2D eigenvalue weighted by molar-refractivity contribution is 5.94. The summed E-state index contributed by atoms with van der Waals surface area (Å²) in [4.78, 5) is 14.4. The number of likely N-dealkylation sites (tertiary alicyclic amines) is 1. The summed E-state index contributed by atoms with van der Waals surface area (Å²) in [6.07, 6.45) is 1.66. The Labute approximate surface area is 156 Å². The molecule has 5 nitrogen and oxygen atoms in total. The summed E-state index contributed by atoms with van der Waals surface area (Å²) in [6.45, 7) is -1.60. The fourth-order valence-electron chi connectivity index (χ4n) is 3.14. The minimum absolute atomic E-state index is 0.0442. The summed E-state index contributed by atoms with van der Waals surface area (Å²) in [5.74, 6) is 0.744. The number of ether oxygens (including phenoxy) is 2. The molecule has 1 amide bonds. The van der Waals surface area contributed by atoms with Gasteiger partial charge in [0.25, 0.3) is 5.91 Å². The number of methoxy groups -OCH3 is 1. The number of halogens is 2.